The highest BCUT2D eigenvalue weighted by Crippen LogP contribution is 2.02. The summed E-state index contributed by atoms with van der Waals surface area (Å²) >= 11 is 0. The van der Waals surface area contributed by atoms with Crippen molar-refractivity contribution in [2.45, 2.75) is 0 Å². The number of hydrogen-bond acceptors (Lipinski definition) is 2. The molecule has 1 radical (unpaired) electrons. The van der Waals surface area contributed by atoms with Gasteiger partial charge in [0, 0.05) is 0 Å². The molecule has 0 aromatic rings. The molecule has 0 aliphatic carbocycles. The van der Waals surface area contributed by atoms with E-state index in [9.17, 15) is 9.90 Å². The second-order valence-corrected chi connectivity index (χ2v) is 1.65. The highest BCUT2D eigenvalue weighted by Gasteiger charge is 2.08. The van der Waals surface area contributed by atoms with E-state index in [-0.39, 0.29) is 5.76 Å². The molecule has 0 atom stereocenters. The maximum absolute atomic E-state index is 10.1. The summed E-state index contributed by atoms with van der Waals surface area (Å²) in [7, 11) is 0. The predicted molar refractivity (Wildman–Crippen MR) is 33.1 cm³/mol. The van der Waals surface area contributed by atoms with E-state index in [4.69, 9.17) is 0 Å². The molecular weight excluding hydrogens is 132 g/mol. The summed E-state index contributed by atoms with van der Waals surface area (Å²) in [5.74, 6) is -1.48. The number of ether oxygens (including phenoxy) is 1. The molecule has 0 amide bonds. The van der Waals surface area contributed by atoms with E-state index in [1.165, 1.54) is 12.3 Å². The lowest BCUT2D eigenvalue weighted by atomic mass is 10.4. The van der Waals surface area contributed by atoms with Crippen LogP contribution in [0.2, 0.25) is 0 Å². The zero-order valence-electron chi connectivity index (χ0n) is 5.11. The highest BCUT2D eigenvalue weighted by atomic mass is 16.5. The van der Waals surface area contributed by atoms with Gasteiger partial charge in [-0.15, -0.1) is 0 Å². The Kier molecular flexibility index (Phi) is 1.89. The van der Waals surface area contributed by atoms with Crippen LogP contribution in [0.15, 0.2) is 36.3 Å². The van der Waals surface area contributed by atoms with Gasteiger partial charge in [-0.25, -0.2) is 9.90 Å². The Hall–Kier alpha value is -1.51. The Morgan fingerprint density at radius 2 is 2.10 bits per heavy atom. The third-order valence-electron chi connectivity index (χ3n) is 0.945. The molecule has 3 heteroatoms. The van der Waals surface area contributed by atoms with Gasteiger partial charge >= 0.3 is 5.97 Å². The topological polar surface area (TPSA) is 46.2 Å². The number of hydrogen-bond donors (Lipinski definition) is 0. The van der Waals surface area contributed by atoms with Crippen molar-refractivity contribution < 1.29 is 14.6 Å². The van der Waals surface area contributed by atoms with E-state index in [1.54, 1.807) is 18.2 Å². The van der Waals surface area contributed by atoms with Crippen LogP contribution in [0.4, 0.5) is 0 Å². The van der Waals surface area contributed by atoms with Crippen molar-refractivity contribution in [2.24, 2.45) is 0 Å². The van der Waals surface area contributed by atoms with Crippen molar-refractivity contribution in [1.82, 2.24) is 0 Å². The van der Waals surface area contributed by atoms with Gasteiger partial charge in [-0.2, -0.15) is 0 Å². The zero-order valence-corrected chi connectivity index (χ0v) is 5.11. The van der Waals surface area contributed by atoms with Gasteiger partial charge < -0.3 is 4.74 Å². The summed E-state index contributed by atoms with van der Waals surface area (Å²) in [5, 5.41) is 10.1. The standard InChI is InChI=1S/C7H5O3/c8-7(9)6-4-2-1-3-5-10-6/h1-5H. The fourth-order valence-corrected chi connectivity index (χ4v) is 0.520. The van der Waals surface area contributed by atoms with Gasteiger partial charge in [-0.3, -0.25) is 0 Å². The van der Waals surface area contributed by atoms with Gasteiger partial charge in [-0.05, 0) is 12.2 Å². The summed E-state index contributed by atoms with van der Waals surface area (Å²) in [5.41, 5.74) is 0. The fourth-order valence-electron chi connectivity index (χ4n) is 0.520. The van der Waals surface area contributed by atoms with E-state index in [0.717, 1.165) is 0 Å². The molecule has 1 heterocycles. The van der Waals surface area contributed by atoms with E-state index in [0.29, 0.717) is 0 Å². The number of allylic oxidation sites excluding steroid dienone is 4. The van der Waals surface area contributed by atoms with Gasteiger partial charge in [0.05, 0.1) is 6.26 Å². The van der Waals surface area contributed by atoms with Crippen LogP contribution in [0.25, 0.3) is 0 Å². The number of rotatable bonds is 1. The smallest absolute Gasteiger partial charge is 0.421 e. The maximum Gasteiger partial charge on any atom is 0.421 e. The van der Waals surface area contributed by atoms with Crippen LogP contribution in [-0.4, -0.2) is 5.97 Å². The first-order valence-corrected chi connectivity index (χ1v) is 2.72. The first-order chi connectivity index (χ1) is 4.80. The van der Waals surface area contributed by atoms with Crippen molar-refractivity contribution in [3.8, 4) is 0 Å². The van der Waals surface area contributed by atoms with Crippen LogP contribution in [0.3, 0.4) is 0 Å². The SMILES string of the molecule is [O]C(=O)C1=CC=CC=CO1. The summed E-state index contributed by atoms with van der Waals surface area (Å²) in [4.78, 5) is 10.1. The molecule has 0 aromatic heterocycles. The maximum atomic E-state index is 10.1. The largest absolute Gasteiger partial charge is 0.457 e. The summed E-state index contributed by atoms with van der Waals surface area (Å²) in [6.07, 6.45) is 7.43. The molecule has 0 spiro atoms. The first kappa shape index (κ1) is 6.61. The van der Waals surface area contributed by atoms with Gasteiger partial charge in [0.1, 0.15) is 0 Å². The molecule has 0 unspecified atom stereocenters. The molecular formula is C7H5O3. The highest BCUT2D eigenvalue weighted by molar-refractivity contribution is 5.84. The number of carbonyl (C=O) groups is 1. The predicted octanol–water partition coefficient (Wildman–Crippen LogP) is 0.927. The first-order valence-electron chi connectivity index (χ1n) is 2.72. The summed E-state index contributed by atoms with van der Waals surface area (Å²) < 4.78 is 4.62. The Morgan fingerprint density at radius 3 is 2.80 bits per heavy atom. The summed E-state index contributed by atoms with van der Waals surface area (Å²) in [6.45, 7) is 0. The molecule has 1 aliphatic rings. The zero-order chi connectivity index (χ0) is 7.40. The molecule has 51 valence electrons. The average molecular weight is 137 g/mol. The quantitative estimate of drug-likeness (QED) is 0.539. The van der Waals surface area contributed by atoms with E-state index < -0.39 is 5.97 Å². The van der Waals surface area contributed by atoms with Crippen molar-refractivity contribution in [3.63, 3.8) is 0 Å². The summed E-state index contributed by atoms with van der Waals surface area (Å²) in [6, 6.07) is 0. The van der Waals surface area contributed by atoms with E-state index in [1.807, 2.05) is 0 Å². The van der Waals surface area contributed by atoms with E-state index >= 15 is 0 Å². The van der Waals surface area contributed by atoms with Crippen LogP contribution < -0.4 is 0 Å². The van der Waals surface area contributed by atoms with Crippen LogP contribution in [-0.2, 0) is 14.6 Å². The molecule has 10 heavy (non-hydrogen) atoms. The molecule has 0 fully saturated rings. The normalized spacial score (nSPS) is 15.4. The second kappa shape index (κ2) is 2.87. The molecule has 0 aromatic carbocycles. The molecule has 1 rings (SSSR count). The molecule has 0 bridgehead atoms. The third-order valence-corrected chi connectivity index (χ3v) is 0.945. The van der Waals surface area contributed by atoms with Gasteiger partial charge in [0.15, 0.2) is 0 Å². The van der Waals surface area contributed by atoms with Gasteiger partial charge in [-0.1, -0.05) is 12.2 Å². The van der Waals surface area contributed by atoms with Gasteiger partial charge in [0.25, 0.3) is 0 Å². The lowest BCUT2D eigenvalue weighted by Crippen LogP contribution is -1.98. The van der Waals surface area contributed by atoms with Crippen molar-refractivity contribution in [3.05, 3.63) is 36.3 Å². The fraction of sp³-hybridized carbons (Fsp3) is 0. The van der Waals surface area contributed by atoms with Crippen molar-refractivity contribution in [1.29, 1.82) is 0 Å². The molecule has 0 saturated heterocycles. The molecule has 0 N–H and O–H groups in total. The molecule has 3 nitrogen and oxygen atoms in total. The number of carbonyl (C=O) groups excluding carboxylic acids is 1. The lowest BCUT2D eigenvalue weighted by Gasteiger charge is -1.93. The van der Waals surface area contributed by atoms with E-state index in [2.05, 4.69) is 4.74 Å². The van der Waals surface area contributed by atoms with Crippen LogP contribution >= 0.6 is 0 Å². The minimum atomic E-state index is -1.31. The minimum absolute atomic E-state index is 0.176. The average Bonchev–Trinajstić information content (AvgIpc) is 2.12. The minimum Gasteiger partial charge on any atom is -0.457 e. The van der Waals surface area contributed by atoms with Crippen LogP contribution in [0, 0.1) is 0 Å². The Bertz CT molecular complexity index is 223. The Morgan fingerprint density at radius 1 is 1.30 bits per heavy atom. The van der Waals surface area contributed by atoms with Crippen molar-refractivity contribution >= 4 is 5.97 Å². The molecule has 1 aliphatic heterocycles. The lowest BCUT2D eigenvalue weighted by molar-refractivity contribution is -0.141. The molecule has 0 saturated carbocycles. The third kappa shape index (κ3) is 1.48. The Labute approximate surface area is 57.9 Å². The van der Waals surface area contributed by atoms with Crippen LogP contribution in [0.1, 0.15) is 0 Å². The van der Waals surface area contributed by atoms with Gasteiger partial charge in [0.2, 0.25) is 5.76 Å². The monoisotopic (exact) mass is 137 g/mol. The van der Waals surface area contributed by atoms with Crippen molar-refractivity contribution in [2.75, 3.05) is 0 Å². The van der Waals surface area contributed by atoms with Crippen LogP contribution in [0.5, 0.6) is 0 Å². The second-order valence-electron chi connectivity index (χ2n) is 1.65. The Balaban J connectivity index is 2.78.